The molecule has 0 bridgehead atoms. The summed E-state index contributed by atoms with van der Waals surface area (Å²) in [4.78, 5) is 10.8. The molecule has 1 aromatic carbocycles. The van der Waals surface area contributed by atoms with Crippen molar-refractivity contribution in [2.75, 3.05) is 0 Å². The van der Waals surface area contributed by atoms with Gasteiger partial charge in [0.1, 0.15) is 0 Å². The Morgan fingerprint density at radius 3 is 2.31 bits per heavy atom. The summed E-state index contributed by atoms with van der Waals surface area (Å²) in [6, 6.07) is 10.5. The van der Waals surface area contributed by atoms with E-state index in [9.17, 15) is 4.79 Å². The lowest BCUT2D eigenvalue weighted by atomic mass is 10.2. The molecule has 0 heterocycles. The standard InChI is InChI=1S/C7H8N2O.C2H3N/c8-9-7(10)6-4-2-1-3-5-6;1-2-3/h1-5H,8H2,(H,9,10);1H3. The first kappa shape index (κ1) is 11.1. The number of nitriles is 1. The number of hydrogen-bond donors (Lipinski definition) is 2. The lowest BCUT2D eigenvalue weighted by Crippen LogP contribution is -2.29. The first-order valence-electron chi connectivity index (χ1n) is 3.63. The second-order valence-corrected chi connectivity index (χ2v) is 2.06. The fourth-order valence-electron chi connectivity index (χ4n) is 0.673. The van der Waals surface area contributed by atoms with Gasteiger partial charge in [0.2, 0.25) is 0 Å². The molecular weight excluding hydrogens is 166 g/mol. The zero-order chi connectivity index (χ0) is 10.1. The van der Waals surface area contributed by atoms with Crippen molar-refractivity contribution in [2.45, 2.75) is 6.92 Å². The Labute approximate surface area is 76.9 Å². The van der Waals surface area contributed by atoms with Crippen LogP contribution in [0.25, 0.3) is 0 Å². The number of rotatable bonds is 1. The van der Waals surface area contributed by atoms with Crippen LogP contribution in [-0.4, -0.2) is 5.91 Å². The number of carbonyl (C=O) groups excluding carboxylic acids is 1. The molecule has 1 rings (SSSR count). The molecule has 13 heavy (non-hydrogen) atoms. The second-order valence-electron chi connectivity index (χ2n) is 2.06. The number of benzene rings is 1. The molecule has 0 saturated carbocycles. The molecule has 0 fully saturated rings. The lowest BCUT2D eigenvalue weighted by molar-refractivity contribution is 0.0953. The van der Waals surface area contributed by atoms with E-state index in [4.69, 9.17) is 11.1 Å². The van der Waals surface area contributed by atoms with Gasteiger partial charge in [0.05, 0.1) is 6.07 Å². The summed E-state index contributed by atoms with van der Waals surface area (Å²) in [7, 11) is 0. The Morgan fingerprint density at radius 2 is 1.92 bits per heavy atom. The maximum atomic E-state index is 10.8. The molecule has 1 amide bonds. The van der Waals surface area contributed by atoms with Gasteiger partial charge < -0.3 is 0 Å². The monoisotopic (exact) mass is 177 g/mol. The van der Waals surface area contributed by atoms with Crippen LogP contribution in [0.2, 0.25) is 0 Å². The Morgan fingerprint density at radius 1 is 1.46 bits per heavy atom. The van der Waals surface area contributed by atoms with Crippen LogP contribution in [0.5, 0.6) is 0 Å². The van der Waals surface area contributed by atoms with Gasteiger partial charge in [-0.2, -0.15) is 5.26 Å². The molecule has 0 aliphatic rings. The van der Waals surface area contributed by atoms with Crippen molar-refractivity contribution in [2.24, 2.45) is 5.84 Å². The Balaban J connectivity index is 0.000000424. The predicted octanol–water partition coefficient (Wildman–Crippen LogP) is 0.820. The topological polar surface area (TPSA) is 78.9 Å². The minimum Gasteiger partial charge on any atom is -0.290 e. The third kappa shape index (κ3) is 4.56. The third-order valence-corrected chi connectivity index (χ3v) is 1.17. The van der Waals surface area contributed by atoms with E-state index in [1.165, 1.54) is 6.92 Å². The summed E-state index contributed by atoms with van der Waals surface area (Å²) in [5.74, 6) is 4.64. The van der Waals surface area contributed by atoms with Crippen molar-refractivity contribution in [3.8, 4) is 6.07 Å². The summed E-state index contributed by atoms with van der Waals surface area (Å²) < 4.78 is 0. The highest BCUT2D eigenvalue weighted by Crippen LogP contribution is 1.95. The van der Waals surface area contributed by atoms with Crippen molar-refractivity contribution in [3.63, 3.8) is 0 Å². The number of hydrogen-bond acceptors (Lipinski definition) is 3. The van der Waals surface area contributed by atoms with Gasteiger partial charge >= 0.3 is 0 Å². The van der Waals surface area contributed by atoms with Crippen molar-refractivity contribution in [1.82, 2.24) is 5.43 Å². The number of nitrogens with one attached hydrogen (secondary N) is 1. The minimum atomic E-state index is -0.263. The molecule has 0 saturated heterocycles. The first-order chi connectivity index (χ1) is 6.26. The van der Waals surface area contributed by atoms with Crippen LogP contribution in [-0.2, 0) is 0 Å². The predicted molar refractivity (Wildman–Crippen MR) is 49.4 cm³/mol. The molecule has 0 aromatic heterocycles. The van der Waals surface area contributed by atoms with Gasteiger partial charge in [-0.05, 0) is 12.1 Å². The van der Waals surface area contributed by atoms with Crippen LogP contribution in [0.1, 0.15) is 17.3 Å². The van der Waals surface area contributed by atoms with E-state index in [0.717, 1.165) is 0 Å². The number of nitrogens with two attached hydrogens (primary N) is 1. The average molecular weight is 177 g/mol. The average Bonchev–Trinajstić information content (AvgIpc) is 2.19. The van der Waals surface area contributed by atoms with Gasteiger partial charge in [-0.25, -0.2) is 5.84 Å². The van der Waals surface area contributed by atoms with E-state index >= 15 is 0 Å². The van der Waals surface area contributed by atoms with Crippen LogP contribution >= 0.6 is 0 Å². The molecule has 4 nitrogen and oxygen atoms in total. The normalized spacial score (nSPS) is 7.46. The number of carbonyl (C=O) groups is 1. The molecule has 0 atom stereocenters. The first-order valence-corrected chi connectivity index (χ1v) is 3.63. The summed E-state index contributed by atoms with van der Waals surface area (Å²) in [5.41, 5.74) is 2.62. The zero-order valence-corrected chi connectivity index (χ0v) is 7.32. The highest BCUT2D eigenvalue weighted by atomic mass is 16.2. The SMILES string of the molecule is CC#N.NNC(=O)c1ccccc1. The smallest absolute Gasteiger partial charge is 0.265 e. The van der Waals surface area contributed by atoms with E-state index in [0.29, 0.717) is 5.56 Å². The summed E-state index contributed by atoms with van der Waals surface area (Å²) in [6.45, 7) is 1.43. The van der Waals surface area contributed by atoms with E-state index < -0.39 is 0 Å². The summed E-state index contributed by atoms with van der Waals surface area (Å²) >= 11 is 0. The highest BCUT2D eigenvalue weighted by molar-refractivity contribution is 5.93. The molecule has 0 radical (unpaired) electrons. The van der Waals surface area contributed by atoms with E-state index in [1.54, 1.807) is 30.3 Å². The maximum Gasteiger partial charge on any atom is 0.265 e. The molecular formula is C9H11N3O. The zero-order valence-electron chi connectivity index (χ0n) is 7.32. The van der Waals surface area contributed by atoms with Gasteiger partial charge in [0, 0.05) is 12.5 Å². The Bertz CT molecular complexity index is 289. The van der Waals surface area contributed by atoms with Crippen molar-refractivity contribution in [3.05, 3.63) is 35.9 Å². The molecule has 4 heteroatoms. The van der Waals surface area contributed by atoms with Crippen molar-refractivity contribution < 1.29 is 4.79 Å². The van der Waals surface area contributed by atoms with E-state index in [1.807, 2.05) is 11.5 Å². The highest BCUT2D eigenvalue weighted by Gasteiger charge is 1.98. The molecule has 68 valence electrons. The summed E-state index contributed by atoms with van der Waals surface area (Å²) in [5, 5.41) is 7.32. The number of nitrogen functional groups attached to an aromatic ring is 1. The minimum absolute atomic E-state index is 0.263. The van der Waals surface area contributed by atoms with E-state index in [2.05, 4.69) is 0 Å². The van der Waals surface area contributed by atoms with Crippen molar-refractivity contribution >= 4 is 5.91 Å². The van der Waals surface area contributed by atoms with Gasteiger partial charge in [-0.15, -0.1) is 0 Å². The van der Waals surface area contributed by atoms with Crippen molar-refractivity contribution in [1.29, 1.82) is 5.26 Å². The van der Waals surface area contributed by atoms with Crippen LogP contribution < -0.4 is 11.3 Å². The molecule has 0 aliphatic heterocycles. The van der Waals surface area contributed by atoms with Gasteiger partial charge in [0.25, 0.3) is 5.91 Å². The van der Waals surface area contributed by atoms with E-state index in [-0.39, 0.29) is 5.91 Å². The molecule has 0 aliphatic carbocycles. The quantitative estimate of drug-likeness (QED) is 0.378. The number of nitrogens with zero attached hydrogens (tertiary/aromatic N) is 1. The van der Waals surface area contributed by atoms with Gasteiger partial charge in [0.15, 0.2) is 0 Å². The Hall–Kier alpha value is -1.86. The van der Waals surface area contributed by atoms with Gasteiger partial charge in [-0.3, -0.25) is 10.2 Å². The van der Waals surface area contributed by atoms with Crippen LogP contribution in [0.4, 0.5) is 0 Å². The molecule has 0 unspecified atom stereocenters. The van der Waals surface area contributed by atoms with Crippen LogP contribution in [0.15, 0.2) is 30.3 Å². The van der Waals surface area contributed by atoms with Crippen LogP contribution in [0, 0.1) is 11.3 Å². The third-order valence-electron chi connectivity index (χ3n) is 1.17. The largest absolute Gasteiger partial charge is 0.290 e. The summed E-state index contributed by atoms with van der Waals surface area (Å²) in [6.07, 6.45) is 0. The fourth-order valence-corrected chi connectivity index (χ4v) is 0.673. The molecule has 3 N–H and O–H groups in total. The molecule has 0 spiro atoms. The second kappa shape index (κ2) is 6.83. The fraction of sp³-hybridized carbons (Fsp3) is 0.111. The Kier molecular flexibility index (Phi) is 5.85. The van der Waals surface area contributed by atoms with Crippen LogP contribution in [0.3, 0.4) is 0 Å². The molecule has 1 aromatic rings. The number of amides is 1. The number of hydrazine groups is 1. The van der Waals surface area contributed by atoms with Gasteiger partial charge in [-0.1, -0.05) is 18.2 Å². The maximum absolute atomic E-state index is 10.8. The lowest BCUT2D eigenvalue weighted by Gasteiger charge is -1.95.